The first-order valence-corrected chi connectivity index (χ1v) is 9.73. The molecule has 8 nitrogen and oxygen atoms in total. The molecule has 2 aromatic rings. The zero-order chi connectivity index (χ0) is 20.4. The molecule has 3 heterocycles. The summed E-state index contributed by atoms with van der Waals surface area (Å²) in [6.45, 7) is 1.62. The van der Waals surface area contributed by atoms with E-state index in [0.29, 0.717) is 56.0 Å². The number of amides is 1. The summed E-state index contributed by atoms with van der Waals surface area (Å²) in [5.74, 6) is 0.695. The van der Waals surface area contributed by atoms with Crippen molar-refractivity contribution in [2.24, 2.45) is 5.41 Å². The molecule has 2 fully saturated rings. The smallest absolute Gasteiger partial charge is 0.312 e. The van der Waals surface area contributed by atoms with Crippen molar-refractivity contribution in [2.75, 3.05) is 27.3 Å². The van der Waals surface area contributed by atoms with Crippen molar-refractivity contribution in [3.63, 3.8) is 0 Å². The van der Waals surface area contributed by atoms with E-state index in [1.807, 2.05) is 10.8 Å². The summed E-state index contributed by atoms with van der Waals surface area (Å²) in [5, 5.41) is 0. The predicted octanol–water partition coefficient (Wildman–Crippen LogP) is 2.14. The van der Waals surface area contributed by atoms with Crippen molar-refractivity contribution in [1.82, 2.24) is 14.5 Å². The molecule has 154 valence electrons. The highest BCUT2D eigenvalue weighted by Crippen LogP contribution is 2.44. The first-order valence-electron chi connectivity index (χ1n) is 9.73. The quantitative estimate of drug-likeness (QED) is 0.717. The number of cyclic esters (lactones) is 1. The molecule has 1 aromatic carbocycles. The Labute approximate surface area is 169 Å². The fourth-order valence-corrected chi connectivity index (χ4v) is 4.34. The first-order chi connectivity index (χ1) is 14.1. The molecule has 0 radical (unpaired) electrons. The molecule has 2 aliphatic rings. The van der Waals surface area contributed by atoms with Gasteiger partial charge in [-0.1, -0.05) is 6.07 Å². The van der Waals surface area contributed by atoms with Gasteiger partial charge in [-0.3, -0.25) is 9.59 Å². The Balaban J connectivity index is 1.43. The van der Waals surface area contributed by atoms with E-state index in [0.717, 1.165) is 0 Å². The molecule has 1 aromatic heterocycles. The molecule has 1 unspecified atom stereocenters. The maximum atomic E-state index is 13.1. The zero-order valence-electron chi connectivity index (χ0n) is 16.7. The topological polar surface area (TPSA) is 82.9 Å². The third-order valence-electron chi connectivity index (χ3n) is 5.94. The van der Waals surface area contributed by atoms with Crippen molar-refractivity contribution in [1.29, 1.82) is 0 Å². The van der Waals surface area contributed by atoms with Gasteiger partial charge < -0.3 is 23.7 Å². The summed E-state index contributed by atoms with van der Waals surface area (Å²) in [6, 6.07) is 5.27. The monoisotopic (exact) mass is 399 g/mol. The summed E-state index contributed by atoms with van der Waals surface area (Å²) < 4.78 is 18.3. The molecule has 2 saturated heterocycles. The largest absolute Gasteiger partial charge is 0.493 e. The average Bonchev–Trinajstić information content (AvgIpc) is 3.35. The van der Waals surface area contributed by atoms with Gasteiger partial charge in [0.15, 0.2) is 11.5 Å². The van der Waals surface area contributed by atoms with Gasteiger partial charge in [0.1, 0.15) is 6.10 Å². The van der Waals surface area contributed by atoms with Crippen LogP contribution in [-0.4, -0.2) is 59.7 Å². The number of hydrogen-bond donors (Lipinski definition) is 0. The van der Waals surface area contributed by atoms with Gasteiger partial charge in [-0.2, -0.15) is 0 Å². The molecule has 1 spiro atoms. The fourth-order valence-electron chi connectivity index (χ4n) is 4.34. The number of aromatic nitrogens is 2. The maximum absolute atomic E-state index is 13.1. The van der Waals surface area contributed by atoms with Crippen LogP contribution >= 0.6 is 0 Å². The van der Waals surface area contributed by atoms with Crippen LogP contribution in [0.3, 0.4) is 0 Å². The van der Waals surface area contributed by atoms with Gasteiger partial charge >= 0.3 is 5.97 Å². The third kappa shape index (κ3) is 3.54. The van der Waals surface area contributed by atoms with Crippen molar-refractivity contribution >= 4 is 11.9 Å². The van der Waals surface area contributed by atoms with E-state index in [9.17, 15) is 9.59 Å². The minimum Gasteiger partial charge on any atom is -0.493 e. The van der Waals surface area contributed by atoms with Crippen molar-refractivity contribution < 1.29 is 23.8 Å². The lowest BCUT2D eigenvalue weighted by Crippen LogP contribution is -2.45. The molecule has 8 heteroatoms. The SMILES string of the molecule is COc1cccc(C(=O)N2CCC3(CC2)CC(Cn2ccnc2)OC3=O)c1OC. The summed E-state index contributed by atoms with van der Waals surface area (Å²) in [6.07, 6.45) is 7.02. The van der Waals surface area contributed by atoms with Crippen LogP contribution in [0.25, 0.3) is 0 Å². The molecule has 4 rings (SSSR count). The lowest BCUT2D eigenvalue weighted by atomic mass is 9.76. The van der Waals surface area contributed by atoms with Crippen LogP contribution in [0.1, 0.15) is 29.6 Å². The van der Waals surface area contributed by atoms with Crippen molar-refractivity contribution in [3.05, 3.63) is 42.5 Å². The molecule has 0 bridgehead atoms. The van der Waals surface area contributed by atoms with E-state index in [-0.39, 0.29) is 18.0 Å². The Morgan fingerprint density at radius 3 is 2.72 bits per heavy atom. The van der Waals surface area contributed by atoms with Crippen LogP contribution in [0, 0.1) is 5.41 Å². The van der Waals surface area contributed by atoms with Crippen LogP contribution in [-0.2, 0) is 16.1 Å². The number of nitrogens with zero attached hydrogens (tertiary/aromatic N) is 3. The summed E-state index contributed by atoms with van der Waals surface area (Å²) in [5.41, 5.74) is -0.0321. The van der Waals surface area contributed by atoms with Gasteiger partial charge in [-0.25, -0.2) is 4.98 Å². The first kappa shape index (κ1) is 19.3. The van der Waals surface area contributed by atoms with Gasteiger partial charge in [0.05, 0.1) is 38.1 Å². The Kier molecular flexibility index (Phi) is 5.17. The van der Waals surface area contributed by atoms with E-state index in [1.165, 1.54) is 7.11 Å². The second-order valence-electron chi connectivity index (χ2n) is 7.60. The van der Waals surface area contributed by atoms with Crippen LogP contribution in [0.5, 0.6) is 11.5 Å². The molecule has 0 N–H and O–H groups in total. The number of ether oxygens (including phenoxy) is 3. The van der Waals surface area contributed by atoms with Gasteiger partial charge in [0, 0.05) is 31.9 Å². The van der Waals surface area contributed by atoms with E-state index in [1.54, 1.807) is 42.7 Å². The molecule has 2 aliphatic heterocycles. The number of likely N-dealkylation sites (tertiary alicyclic amines) is 1. The summed E-state index contributed by atoms with van der Waals surface area (Å²) in [7, 11) is 3.07. The Morgan fingerprint density at radius 2 is 2.07 bits per heavy atom. The molecule has 1 atom stereocenters. The Hall–Kier alpha value is -3.03. The normalized spacial score (nSPS) is 20.6. The number of rotatable bonds is 5. The minimum atomic E-state index is -0.500. The van der Waals surface area contributed by atoms with Crippen LogP contribution < -0.4 is 9.47 Å². The average molecular weight is 399 g/mol. The number of carbonyl (C=O) groups excluding carboxylic acids is 2. The van der Waals surface area contributed by atoms with Crippen LogP contribution in [0.15, 0.2) is 36.9 Å². The number of para-hydroxylation sites is 1. The van der Waals surface area contributed by atoms with Crippen molar-refractivity contribution in [2.45, 2.75) is 31.9 Å². The lowest BCUT2D eigenvalue weighted by Gasteiger charge is -2.36. The molecule has 1 amide bonds. The molecular weight excluding hydrogens is 374 g/mol. The number of esters is 1. The summed E-state index contributed by atoms with van der Waals surface area (Å²) in [4.78, 5) is 31.5. The third-order valence-corrected chi connectivity index (χ3v) is 5.94. The number of carbonyl (C=O) groups is 2. The molecule has 0 saturated carbocycles. The second-order valence-corrected chi connectivity index (χ2v) is 7.60. The maximum Gasteiger partial charge on any atom is 0.312 e. The van der Waals surface area contributed by atoms with E-state index >= 15 is 0 Å². The van der Waals surface area contributed by atoms with Gasteiger partial charge in [0.2, 0.25) is 0 Å². The summed E-state index contributed by atoms with van der Waals surface area (Å²) >= 11 is 0. The van der Waals surface area contributed by atoms with Crippen LogP contribution in [0.4, 0.5) is 0 Å². The predicted molar refractivity (Wildman–Crippen MR) is 104 cm³/mol. The lowest BCUT2D eigenvalue weighted by molar-refractivity contribution is -0.150. The highest BCUT2D eigenvalue weighted by molar-refractivity contribution is 5.98. The second kappa shape index (κ2) is 7.77. The van der Waals surface area contributed by atoms with E-state index in [2.05, 4.69) is 4.98 Å². The molecular formula is C21H25N3O5. The number of piperidine rings is 1. The van der Waals surface area contributed by atoms with Gasteiger partial charge in [-0.05, 0) is 25.0 Å². The molecule has 0 aliphatic carbocycles. The highest BCUT2D eigenvalue weighted by Gasteiger charge is 2.51. The molecule has 29 heavy (non-hydrogen) atoms. The standard InChI is InChI=1S/C21H25N3O5/c1-27-17-5-3-4-16(18(17)28-2)19(25)24-9-6-21(7-10-24)12-15(29-20(21)26)13-23-11-8-22-14-23/h3-5,8,11,14-15H,6-7,9-10,12-13H2,1-2H3. The Morgan fingerprint density at radius 1 is 1.28 bits per heavy atom. The Bertz CT molecular complexity index is 888. The number of hydrogen-bond acceptors (Lipinski definition) is 6. The van der Waals surface area contributed by atoms with E-state index < -0.39 is 5.41 Å². The number of methoxy groups -OCH3 is 2. The zero-order valence-corrected chi connectivity index (χ0v) is 16.7. The van der Waals surface area contributed by atoms with Gasteiger partial charge in [0.25, 0.3) is 5.91 Å². The van der Waals surface area contributed by atoms with Gasteiger partial charge in [-0.15, -0.1) is 0 Å². The van der Waals surface area contributed by atoms with E-state index in [4.69, 9.17) is 14.2 Å². The minimum absolute atomic E-state index is 0.114. The number of benzene rings is 1. The van der Waals surface area contributed by atoms with Crippen LogP contribution in [0.2, 0.25) is 0 Å². The highest BCUT2D eigenvalue weighted by atomic mass is 16.6. The number of imidazole rings is 1. The van der Waals surface area contributed by atoms with Crippen molar-refractivity contribution in [3.8, 4) is 11.5 Å². The fraction of sp³-hybridized carbons (Fsp3) is 0.476.